The molecule has 0 aromatic rings. The summed E-state index contributed by atoms with van der Waals surface area (Å²) >= 11 is 8.26. The third-order valence-electron chi connectivity index (χ3n) is 0.946. The molecule has 0 saturated heterocycles. The smallest absolute Gasteiger partial charge is 0.187 e. The Morgan fingerprint density at radius 1 is 0.769 bits per heavy atom. The Bertz CT molecular complexity index is 187. The van der Waals surface area contributed by atoms with Gasteiger partial charge in [0.15, 0.2) is 0 Å². The van der Waals surface area contributed by atoms with Crippen molar-refractivity contribution in [2.24, 2.45) is 0 Å². The van der Waals surface area contributed by atoms with E-state index in [-0.39, 0.29) is 0 Å². The molecule has 0 aliphatic heterocycles. The van der Waals surface area contributed by atoms with Crippen LogP contribution in [-0.2, 0) is 0 Å². The fraction of sp³-hybridized carbons (Fsp3) is 1.00. The molecule has 10 heteroatoms. The number of nitrogens with zero attached hydrogens (tertiary/aromatic N) is 1. The summed E-state index contributed by atoms with van der Waals surface area (Å²) in [5.41, 5.74) is 0. The Kier molecular flexibility index (Phi) is 3.33. The summed E-state index contributed by atoms with van der Waals surface area (Å²) in [7, 11) is 0. The molecule has 0 saturated carbocycles. The van der Waals surface area contributed by atoms with Gasteiger partial charge in [-0.3, -0.25) is 0 Å². The molecule has 13 heavy (non-hydrogen) atoms. The zero-order valence-corrected chi connectivity index (χ0v) is 6.86. The van der Waals surface area contributed by atoms with Gasteiger partial charge in [0, 0.05) is 23.6 Å². The number of rotatable bonds is 2. The number of hydrogen-bond acceptors (Lipinski definition) is 1. The second kappa shape index (κ2) is 3.32. The van der Waals surface area contributed by atoms with Crippen LogP contribution < -0.4 is 0 Å². The van der Waals surface area contributed by atoms with Crippen molar-refractivity contribution in [3.05, 3.63) is 0 Å². The number of alkyl halides is 7. The first-order valence-corrected chi connectivity index (χ1v) is 3.06. The third-order valence-corrected chi connectivity index (χ3v) is 1.37. The highest BCUT2D eigenvalue weighted by molar-refractivity contribution is 6.34. The summed E-state index contributed by atoms with van der Waals surface area (Å²) in [6, 6.07) is -5.71. The van der Waals surface area contributed by atoms with Gasteiger partial charge in [-0.15, -0.1) is 0 Å². The maximum Gasteiger partial charge on any atom is 0.461 e. The van der Waals surface area contributed by atoms with Gasteiger partial charge in [0.05, 0.1) is 0 Å². The second-order valence-corrected chi connectivity index (χ2v) is 2.70. The van der Waals surface area contributed by atoms with E-state index in [0.29, 0.717) is 0 Å². The second-order valence-electron chi connectivity index (χ2n) is 1.85. The van der Waals surface area contributed by atoms with Crippen LogP contribution >= 0.6 is 23.6 Å². The fourth-order valence-corrected chi connectivity index (χ4v) is 0.489. The summed E-state index contributed by atoms with van der Waals surface area (Å²) in [4.78, 5) is 0. The van der Waals surface area contributed by atoms with E-state index in [4.69, 9.17) is 0 Å². The molecule has 0 aromatic carbocycles. The van der Waals surface area contributed by atoms with Gasteiger partial charge in [0.25, 0.3) is 0 Å². The molecule has 0 amide bonds. The maximum absolute atomic E-state index is 12.0. The number of halogens is 9. The first-order valence-electron chi connectivity index (χ1n) is 2.38. The monoisotopic (exact) mass is 253 g/mol. The third kappa shape index (κ3) is 2.10. The van der Waals surface area contributed by atoms with Gasteiger partial charge in [-0.2, -0.15) is 30.7 Å². The van der Waals surface area contributed by atoms with Crippen LogP contribution in [0.25, 0.3) is 0 Å². The first-order chi connectivity index (χ1) is 5.44. The van der Waals surface area contributed by atoms with E-state index >= 15 is 0 Å². The minimum Gasteiger partial charge on any atom is -0.187 e. The van der Waals surface area contributed by atoms with Gasteiger partial charge in [-0.25, -0.2) is 0 Å². The van der Waals surface area contributed by atoms with E-state index in [1.807, 2.05) is 0 Å². The maximum atomic E-state index is 12.0. The molecular formula is C3Cl2F7N. The quantitative estimate of drug-likeness (QED) is 0.414. The molecule has 0 fully saturated rings. The van der Waals surface area contributed by atoms with Crippen LogP contribution in [0.2, 0.25) is 0 Å². The van der Waals surface area contributed by atoms with Crippen molar-refractivity contribution in [2.75, 3.05) is 0 Å². The van der Waals surface area contributed by atoms with Gasteiger partial charge in [0.2, 0.25) is 0 Å². The summed E-state index contributed by atoms with van der Waals surface area (Å²) < 4.78 is 80.2. The van der Waals surface area contributed by atoms with Gasteiger partial charge in [0.1, 0.15) is 0 Å². The zero-order chi connectivity index (χ0) is 11.1. The van der Waals surface area contributed by atoms with E-state index < -0.39 is 22.1 Å². The van der Waals surface area contributed by atoms with Crippen LogP contribution in [0.5, 0.6) is 0 Å². The largest absolute Gasteiger partial charge is 0.461 e. The van der Waals surface area contributed by atoms with Crippen LogP contribution in [0.1, 0.15) is 0 Å². The Morgan fingerprint density at radius 3 is 1.15 bits per heavy atom. The fourth-order valence-electron chi connectivity index (χ4n) is 0.277. The molecule has 0 radical (unpaired) electrons. The number of hydrogen-bond donors (Lipinski definition) is 0. The standard InChI is InChI=1S/C3Cl2F7N/c4-13(5)3(11,12)1(6,7)2(8,9)10. The normalized spacial score (nSPS) is 15.2. The van der Waals surface area contributed by atoms with Crippen LogP contribution in [0, 0.1) is 0 Å². The van der Waals surface area contributed by atoms with Crippen LogP contribution in [0.4, 0.5) is 30.7 Å². The van der Waals surface area contributed by atoms with Gasteiger partial charge in [-0.05, 0) is 0 Å². The molecule has 0 aromatic heterocycles. The molecule has 0 N–H and O–H groups in total. The highest BCUT2D eigenvalue weighted by Gasteiger charge is 2.75. The topological polar surface area (TPSA) is 3.24 Å². The predicted octanol–water partition coefficient (Wildman–Crippen LogP) is 3.39. The van der Waals surface area contributed by atoms with Crippen molar-refractivity contribution in [3.63, 3.8) is 0 Å². The molecular weight excluding hydrogens is 254 g/mol. The Morgan fingerprint density at radius 2 is 1.08 bits per heavy atom. The van der Waals surface area contributed by atoms with Crippen LogP contribution in [0.15, 0.2) is 0 Å². The summed E-state index contributed by atoms with van der Waals surface area (Å²) in [6.45, 7) is 0. The summed E-state index contributed by atoms with van der Waals surface area (Å²) in [6.07, 6.45) is -6.43. The first kappa shape index (κ1) is 13.1. The molecule has 80 valence electrons. The molecule has 0 spiro atoms. The predicted molar refractivity (Wildman–Crippen MR) is 29.5 cm³/mol. The minimum atomic E-state index is -6.43. The molecule has 1 nitrogen and oxygen atoms in total. The van der Waals surface area contributed by atoms with Gasteiger partial charge < -0.3 is 0 Å². The van der Waals surface area contributed by atoms with Crippen molar-refractivity contribution in [1.29, 1.82) is 0 Å². The van der Waals surface area contributed by atoms with Gasteiger partial charge >= 0.3 is 18.1 Å². The van der Waals surface area contributed by atoms with Crippen LogP contribution in [-0.4, -0.2) is 22.1 Å². The average molecular weight is 254 g/mol. The minimum absolute atomic E-state index is 1.54. The van der Waals surface area contributed by atoms with Crippen molar-refractivity contribution in [1.82, 2.24) is 3.94 Å². The van der Waals surface area contributed by atoms with E-state index in [0.717, 1.165) is 0 Å². The average Bonchev–Trinajstić information content (AvgIpc) is 1.84. The Balaban J connectivity index is 5.04. The molecule has 0 bridgehead atoms. The van der Waals surface area contributed by atoms with E-state index in [1.54, 1.807) is 0 Å². The van der Waals surface area contributed by atoms with Crippen molar-refractivity contribution in [3.8, 4) is 0 Å². The van der Waals surface area contributed by atoms with Crippen molar-refractivity contribution in [2.45, 2.75) is 18.1 Å². The van der Waals surface area contributed by atoms with E-state index in [1.165, 1.54) is 0 Å². The summed E-state index contributed by atoms with van der Waals surface area (Å²) in [5.74, 6) is -6.32. The van der Waals surface area contributed by atoms with Crippen molar-refractivity contribution >= 4 is 23.6 Å². The SMILES string of the molecule is FC(F)(F)C(F)(F)C(F)(F)N(Cl)Cl. The molecule has 0 aliphatic rings. The van der Waals surface area contributed by atoms with Crippen LogP contribution in [0.3, 0.4) is 0 Å². The van der Waals surface area contributed by atoms with Crippen molar-refractivity contribution < 1.29 is 30.7 Å². The molecule has 0 heterocycles. The Hall–Kier alpha value is 0.0500. The van der Waals surface area contributed by atoms with Gasteiger partial charge in [-0.1, -0.05) is 3.94 Å². The van der Waals surface area contributed by atoms with E-state index in [9.17, 15) is 30.7 Å². The lowest BCUT2D eigenvalue weighted by Gasteiger charge is -2.28. The summed E-state index contributed by atoms with van der Waals surface area (Å²) in [5, 5.41) is 0. The Labute approximate surface area is 77.2 Å². The molecule has 0 unspecified atom stereocenters. The molecule has 0 atom stereocenters. The lowest BCUT2D eigenvalue weighted by molar-refractivity contribution is -0.370. The highest BCUT2D eigenvalue weighted by Crippen LogP contribution is 2.49. The lowest BCUT2D eigenvalue weighted by atomic mass is 10.3. The highest BCUT2D eigenvalue weighted by atomic mass is 35.5. The van der Waals surface area contributed by atoms with E-state index in [2.05, 4.69) is 23.6 Å². The molecule has 0 rings (SSSR count). The molecule has 0 aliphatic carbocycles. The zero-order valence-electron chi connectivity index (χ0n) is 5.35. The lowest BCUT2D eigenvalue weighted by Crippen LogP contribution is -2.56.